The van der Waals surface area contributed by atoms with Crippen LogP contribution in [0.15, 0.2) is 36.5 Å². The first-order chi connectivity index (χ1) is 14.1. The number of nitrogens with one attached hydrogen (secondary N) is 1. The number of H-pyrrole nitrogens is 1. The van der Waals surface area contributed by atoms with Crippen molar-refractivity contribution in [3.8, 4) is 44.6 Å². The maximum Gasteiger partial charge on any atom is 0.341 e. The van der Waals surface area contributed by atoms with Crippen LogP contribution in [0, 0.1) is 0 Å². The average Bonchev–Trinajstić information content (AvgIpc) is 3.26. The van der Waals surface area contributed by atoms with E-state index in [0.29, 0.717) is 28.6 Å². The van der Waals surface area contributed by atoms with Gasteiger partial charge in [-0.25, -0.2) is 4.79 Å². The zero-order chi connectivity index (χ0) is 21.0. The SMILES string of the molecule is COC(=O)c1cc(-c2c[nH+]sc2-c2cc(OC)c(OC)c(OC)c2)ccc1OC. The molecule has 0 saturated heterocycles. The number of carbonyl (C=O) groups is 1. The highest BCUT2D eigenvalue weighted by Crippen LogP contribution is 2.44. The van der Waals surface area contributed by atoms with Gasteiger partial charge in [-0.15, -0.1) is 0 Å². The Bertz CT molecular complexity index is 1000. The molecule has 1 aromatic heterocycles. The Morgan fingerprint density at radius 2 is 1.48 bits per heavy atom. The van der Waals surface area contributed by atoms with E-state index in [1.54, 1.807) is 33.5 Å². The number of hydrogen-bond acceptors (Lipinski definition) is 7. The molecule has 1 heterocycles. The van der Waals surface area contributed by atoms with Gasteiger partial charge in [-0.3, -0.25) is 0 Å². The van der Waals surface area contributed by atoms with Crippen LogP contribution in [-0.4, -0.2) is 41.5 Å². The Labute approximate surface area is 172 Å². The van der Waals surface area contributed by atoms with E-state index in [9.17, 15) is 4.79 Å². The van der Waals surface area contributed by atoms with Crippen LogP contribution in [0.4, 0.5) is 0 Å². The minimum atomic E-state index is -0.461. The molecule has 0 radical (unpaired) electrons. The molecule has 29 heavy (non-hydrogen) atoms. The first kappa shape index (κ1) is 20.5. The number of rotatable bonds is 7. The number of hydrogen-bond donors (Lipinski definition) is 0. The molecule has 0 atom stereocenters. The van der Waals surface area contributed by atoms with Gasteiger partial charge < -0.3 is 23.7 Å². The van der Waals surface area contributed by atoms with Crippen molar-refractivity contribution in [1.29, 1.82) is 0 Å². The molecule has 0 amide bonds. The summed E-state index contributed by atoms with van der Waals surface area (Å²) in [6.45, 7) is 0. The Morgan fingerprint density at radius 3 is 2.03 bits per heavy atom. The lowest BCUT2D eigenvalue weighted by molar-refractivity contribution is -0.288. The molecule has 7 nitrogen and oxygen atoms in total. The van der Waals surface area contributed by atoms with Crippen molar-refractivity contribution >= 4 is 17.5 Å². The highest BCUT2D eigenvalue weighted by atomic mass is 32.1. The molecule has 0 fully saturated rings. The zero-order valence-electron chi connectivity index (χ0n) is 16.8. The number of esters is 1. The molecule has 0 aliphatic carbocycles. The van der Waals surface area contributed by atoms with E-state index in [4.69, 9.17) is 23.7 Å². The second-order valence-electron chi connectivity index (χ2n) is 5.93. The summed E-state index contributed by atoms with van der Waals surface area (Å²) in [6, 6.07) is 9.16. The Kier molecular flexibility index (Phi) is 6.23. The topological polar surface area (TPSA) is 77.4 Å². The maximum atomic E-state index is 12.2. The van der Waals surface area contributed by atoms with Crippen molar-refractivity contribution in [3.63, 3.8) is 0 Å². The number of carbonyl (C=O) groups excluding carboxylic acids is 1. The molecule has 3 rings (SSSR count). The average molecular weight is 416 g/mol. The van der Waals surface area contributed by atoms with E-state index < -0.39 is 5.97 Å². The maximum absolute atomic E-state index is 12.2. The molecule has 0 bridgehead atoms. The van der Waals surface area contributed by atoms with Crippen LogP contribution < -0.4 is 23.3 Å². The number of methoxy groups -OCH3 is 5. The molecule has 3 aromatic rings. The summed E-state index contributed by atoms with van der Waals surface area (Å²) < 4.78 is 29.7. The molecule has 152 valence electrons. The molecule has 0 unspecified atom stereocenters. The largest absolute Gasteiger partial charge is 0.496 e. The van der Waals surface area contributed by atoms with Gasteiger partial charge in [-0.1, -0.05) is 6.07 Å². The summed E-state index contributed by atoms with van der Waals surface area (Å²) in [6.07, 6.45) is 1.88. The monoisotopic (exact) mass is 416 g/mol. The van der Waals surface area contributed by atoms with Crippen molar-refractivity contribution in [2.75, 3.05) is 35.5 Å². The van der Waals surface area contributed by atoms with Gasteiger partial charge in [0, 0.05) is 5.56 Å². The summed E-state index contributed by atoms with van der Waals surface area (Å²) in [4.78, 5) is 13.1. The highest BCUT2D eigenvalue weighted by Gasteiger charge is 2.22. The van der Waals surface area contributed by atoms with Crippen molar-refractivity contribution in [2.24, 2.45) is 0 Å². The quantitative estimate of drug-likeness (QED) is 0.547. The van der Waals surface area contributed by atoms with E-state index in [1.807, 2.05) is 24.4 Å². The van der Waals surface area contributed by atoms with E-state index in [-0.39, 0.29) is 0 Å². The second kappa shape index (κ2) is 8.83. The smallest absolute Gasteiger partial charge is 0.341 e. The fourth-order valence-electron chi connectivity index (χ4n) is 3.05. The lowest BCUT2D eigenvalue weighted by atomic mass is 10.0. The summed E-state index contributed by atoms with van der Waals surface area (Å²) in [7, 11) is 7.58. The number of ether oxygens (including phenoxy) is 5. The number of aromatic nitrogens is 1. The third-order valence-electron chi connectivity index (χ3n) is 4.45. The fraction of sp³-hybridized carbons (Fsp3) is 0.238. The minimum absolute atomic E-state index is 0.356. The molecule has 1 N–H and O–H groups in total. The van der Waals surface area contributed by atoms with Gasteiger partial charge in [0.25, 0.3) is 0 Å². The molecule has 0 aliphatic rings. The summed E-state index contributed by atoms with van der Waals surface area (Å²) in [5, 5.41) is 0. The fourth-order valence-corrected chi connectivity index (χ4v) is 3.87. The standard InChI is InChI=1S/C21H21NO6S/c1-24-16-7-6-12(8-14(16)21(23)28-5)15-11-22-29-20(15)13-9-17(25-2)19(27-4)18(10-13)26-3/h6-11H,1-5H3/p+1. The Balaban J connectivity index is 2.15. The van der Waals surface area contributed by atoms with E-state index in [1.165, 1.54) is 25.8 Å². The number of benzene rings is 2. The van der Waals surface area contributed by atoms with Crippen LogP contribution in [0.25, 0.3) is 21.6 Å². The second-order valence-corrected chi connectivity index (χ2v) is 6.78. The lowest BCUT2D eigenvalue weighted by Crippen LogP contribution is -2.04. The van der Waals surface area contributed by atoms with Gasteiger partial charge in [-0.2, -0.15) is 4.37 Å². The van der Waals surface area contributed by atoms with Crippen molar-refractivity contribution in [1.82, 2.24) is 0 Å². The van der Waals surface area contributed by atoms with Gasteiger partial charge in [0.2, 0.25) is 5.75 Å². The van der Waals surface area contributed by atoms with Gasteiger partial charge in [0.1, 0.15) is 27.7 Å². The molecule has 0 saturated carbocycles. The Morgan fingerprint density at radius 1 is 0.828 bits per heavy atom. The first-order valence-corrected chi connectivity index (χ1v) is 9.46. The van der Waals surface area contributed by atoms with Crippen molar-refractivity contribution < 1.29 is 32.9 Å². The van der Waals surface area contributed by atoms with E-state index >= 15 is 0 Å². The molecule has 0 spiro atoms. The zero-order valence-corrected chi connectivity index (χ0v) is 17.6. The van der Waals surface area contributed by atoms with Crippen LogP contribution in [0.1, 0.15) is 10.4 Å². The number of aromatic amines is 1. The van der Waals surface area contributed by atoms with Gasteiger partial charge in [-0.05, 0) is 29.8 Å². The highest BCUT2D eigenvalue weighted by molar-refractivity contribution is 7.06. The molecular formula is C21H22NO6S+. The summed E-state index contributed by atoms with van der Waals surface area (Å²) >= 11 is 1.45. The van der Waals surface area contributed by atoms with Gasteiger partial charge >= 0.3 is 5.97 Å². The molecule has 2 aromatic carbocycles. The Hall–Kier alpha value is -3.26. The summed E-state index contributed by atoms with van der Waals surface area (Å²) in [5.74, 6) is 1.64. The molecular weight excluding hydrogens is 394 g/mol. The van der Waals surface area contributed by atoms with Crippen molar-refractivity contribution in [3.05, 3.63) is 42.1 Å². The molecule has 0 aliphatic heterocycles. The van der Waals surface area contributed by atoms with Crippen LogP contribution in [0.2, 0.25) is 0 Å². The predicted molar refractivity (Wildman–Crippen MR) is 109 cm³/mol. The predicted octanol–water partition coefficient (Wildman–Crippen LogP) is 3.72. The normalized spacial score (nSPS) is 10.4. The van der Waals surface area contributed by atoms with Crippen LogP contribution >= 0.6 is 11.5 Å². The first-order valence-electron chi connectivity index (χ1n) is 8.64. The van der Waals surface area contributed by atoms with E-state index in [2.05, 4.69) is 4.37 Å². The van der Waals surface area contributed by atoms with Crippen LogP contribution in [0.3, 0.4) is 0 Å². The minimum Gasteiger partial charge on any atom is -0.496 e. The van der Waals surface area contributed by atoms with Gasteiger partial charge in [0.15, 0.2) is 17.7 Å². The van der Waals surface area contributed by atoms with Crippen molar-refractivity contribution in [2.45, 2.75) is 0 Å². The van der Waals surface area contributed by atoms with Crippen LogP contribution in [-0.2, 0) is 4.74 Å². The van der Waals surface area contributed by atoms with Gasteiger partial charge in [0.05, 0.1) is 41.1 Å². The third kappa shape index (κ3) is 3.84. The van der Waals surface area contributed by atoms with Crippen LogP contribution in [0.5, 0.6) is 23.0 Å². The third-order valence-corrected chi connectivity index (χ3v) is 5.35. The van der Waals surface area contributed by atoms with E-state index in [0.717, 1.165) is 21.6 Å². The summed E-state index contributed by atoms with van der Waals surface area (Å²) in [5.41, 5.74) is 3.00. The lowest BCUT2D eigenvalue weighted by Gasteiger charge is -2.14. The molecule has 8 heteroatoms.